The Balaban J connectivity index is 2.40. The van der Waals surface area contributed by atoms with Gasteiger partial charge in [-0.15, -0.1) is 0 Å². The van der Waals surface area contributed by atoms with Gasteiger partial charge in [0.25, 0.3) is 0 Å². The van der Waals surface area contributed by atoms with Crippen LogP contribution in [-0.4, -0.2) is 60.7 Å². The molecule has 0 aliphatic carbocycles. The standard InChI is InChI=1S/C17H23NO6S/c1-3-7-14(16(20)21)18-12-17(25(2,22)23,24-11-15(18)19)10-13-8-5-4-6-9-13/h4-6,8-9,14H,3,7,10-12H2,1-2H3,(H,20,21). The number of carboxylic acid groups (broad SMARTS) is 1. The first kappa shape index (κ1) is 19.4. The number of rotatable bonds is 7. The molecule has 7 nitrogen and oxygen atoms in total. The third-order valence-corrected chi connectivity index (χ3v) is 6.15. The summed E-state index contributed by atoms with van der Waals surface area (Å²) in [6.45, 7) is 1.07. The quantitative estimate of drug-likeness (QED) is 0.772. The van der Waals surface area contributed by atoms with Gasteiger partial charge in [-0.1, -0.05) is 43.7 Å². The summed E-state index contributed by atoms with van der Waals surface area (Å²) in [4.78, 5) is 23.3. The number of carbonyl (C=O) groups is 2. The van der Waals surface area contributed by atoms with Gasteiger partial charge >= 0.3 is 5.97 Å². The molecule has 138 valence electrons. The molecule has 0 aromatic heterocycles. The van der Waals surface area contributed by atoms with Crippen molar-refractivity contribution in [1.82, 2.24) is 4.90 Å². The van der Waals surface area contributed by atoms with Crippen LogP contribution in [0.5, 0.6) is 0 Å². The number of sulfone groups is 1. The highest BCUT2D eigenvalue weighted by Crippen LogP contribution is 2.30. The maximum absolute atomic E-state index is 12.5. The van der Waals surface area contributed by atoms with Crippen molar-refractivity contribution in [3.63, 3.8) is 0 Å². The zero-order valence-electron chi connectivity index (χ0n) is 14.3. The lowest BCUT2D eigenvalue weighted by atomic mass is 10.0. The van der Waals surface area contributed by atoms with Crippen LogP contribution < -0.4 is 0 Å². The summed E-state index contributed by atoms with van der Waals surface area (Å²) in [6, 6.07) is 7.88. The maximum atomic E-state index is 12.5. The van der Waals surface area contributed by atoms with Crippen LogP contribution in [0.1, 0.15) is 25.3 Å². The van der Waals surface area contributed by atoms with Gasteiger partial charge in [0.15, 0.2) is 14.8 Å². The average molecular weight is 369 g/mol. The fourth-order valence-electron chi connectivity index (χ4n) is 3.01. The summed E-state index contributed by atoms with van der Waals surface area (Å²) in [5.74, 6) is -1.65. The molecule has 1 saturated heterocycles. The van der Waals surface area contributed by atoms with Gasteiger partial charge in [0.05, 0.1) is 6.54 Å². The van der Waals surface area contributed by atoms with Crippen molar-refractivity contribution in [2.45, 2.75) is 37.2 Å². The summed E-state index contributed by atoms with van der Waals surface area (Å²) >= 11 is 0. The molecule has 2 unspecified atom stereocenters. The molecule has 1 amide bonds. The number of aliphatic carboxylic acids is 1. The number of hydrogen-bond acceptors (Lipinski definition) is 5. The molecule has 0 bridgehead atoms. The summed E-state index contributed by atoms with van der Waals surface area (Å²) in [5.41, 5.74) is 0.740. The largest absolute Gasteiger partial charge is 0.480 e. The summed E-state index contributed by atoms with van der Waals surface area (Å²) < 4.78 is 30.5. The van der Waals surface area contributed by atoms with E-state index >= 15 is 0 Å². The van der Waals surface area contributed by atoms with Crippen LogP contribution in [-0.2, 0) is 30.6 Å². The van der Waals surface area contributed by atoms with Crippen molar-refractivity contribution in [3.05, 3.63) is 35.9 Å². The molecule has 2 atom stereocenters. The number of carbonyl (C=O) groups excluding carboxylic acids is 1. The lowest BCUT2D eigenvalue weighted by Gasteiger charge is -2.43. The van der Waals surface area contributed by atoms with Crippen molar-refractivity contribution in [3.8, 4) is 0 Å². The normalized spacial score (nSPS) is 22.6. The number of amides is 1. The Kier molecular flexibility index (Phi) is 5.84. The van der Waals surface area contributed by atoms with Gasteiger partial charge in [0, 0.05) is 12.7 Å². The Morgan fingerprint density at radius 2 is 2.00 bits per heavy atom. The SMILES string of the molecule is CCCC(C(=O)O)N1CC(Cc2ccccc2)(S(C)(=O)=O)OCC1=O. The van der Waals surface area contributed by atoms with Gasteiger partial charge in [-0.25, -0.2) is 13.2 Å². The van der Waals surface area contributed by atoms with E-state index in [9.17, 15) is 23.1 Å². The first-order chi connectivity index (χ1) is 11.7. The molecular weight excluding hydrogens is 346 g/mol. The molecule has 1 aliphatic heterocycles. The van der Waals surface area contributed by atoms with Crippen molar-refractivity contribution in [2.24, 2.45) is 0 Å². The molecule has 0 spiro atoms. The highest BCUT2D eigenvalue weighted by atomic mass is 32.2. The van der Waals surface area contributed by atoms with Gasteiger partial charge in [-0.05, 0) is 12.0 Å². The molecule has 25 heavy (non-hydrogen) atoms. The van der Waals surface area contributed by atoms with Crippen LogP contribution in [0, 0.1) is 0 Å². The highest BCUT2D eigenvalue weighted by Gasteiger charge is 2.50. The third kappa shape index (κ3) is 4.19. The van der Waals surface area contributed by atoms with E-state index < -0.39 is 39.3 Å². The molecule has 1 heterocycles. The van der Waals surface area contributed by atoms with E-state index in [1.54, 1.807) is 24.3 Å². The highest BCUT2D eigenvalue weighted by molar-refractivity contribution is 7.92. The van der Waals surface area contributed by atoms with Crippen LogP contribution in [0.15, 0.2) is 30.3 Å². The molecule has 1 fully saturated rings. The van der Waals surface area contributed by atoms with E-state index in [0.717, 1.165) is 16.7 Å². The van der Waals surface area contributed by atoms with E-state index in [4.69, 9.17) is 4.74 Å². The third-order valence-electron chi connectivity index (χ3n) is 4.41. The second kappa shape index (κ2) is 7.53. The van der Waals surface area contributed by atoms with Gasteiger partial charge < -0.3 is 14.7 Å². The number of morpholine rings is 1. The molecule has 1 aromatic rings. The van der Waals surface area contributed by atoms with Crippen molar-refractivity contribution in [1.29, 1.82) is 0 Å². The summed E-state index contributed by atoms with van der Waals surface area (Å²) in [7, 11) is -3.73. The molecule has 2 rings (SSSR count). The van der Waals surface area contributed by atoms with Gasteiger partial charge in [-0.2, -0.15) is 0 Å². The second-order valence-electron chi connectivity index (χ2n) is 6.30. The zero-order chi connectivity index (χ0) is 18.7. The minimum Gasteiger partial charge on any atom is -0.480 e. The minimum atomic E-state index is -3.73. The molecule has 0 radical (unpaired) electrons. The van der Waals surface area contributed by atoms with Gasteiger partial charge in [0.1, 0.15) is 12.6 Å². The predicted octanol–water partition coefficient (Wildman–Crippen LogP) is 1.08. The Bertz CT molecular complexity index is 733. The Hall–Kier alpha value is -1.93. The van der Waals surface area contributed by atoms with Gasteiger partial charge in [-0.3, -0.25) is 4.79 Å². The van der Waals surface area contributed by atoms with E-state index in [-0.39, 0.29) is 19.4 Å². The van der Waals surface area contributed by atoms with E-state index in [0.29, 0.717) is 6.42 Å². The molecule has 0 saturated carbocycles. The fourth-order valence-corrected chi connectivity index (χ4v) is 4.08. The van der Waals surface area contributed by atoms with Crippen LogP contribution in [0.25, 0.3) is 0 Å². The lowest BCUT2D eigenvalue weighted by molar-refractivity contribution is -0.165. The monoisotopic (exact) mass is 369 g/mol. The summed E-state index contributed by atoms with van der Waals surface area (Å²) in [5, 5.41) is 9.45. The zero-order valence-corrected chi connectivity index (χ0v) is 15.2. The Morgan fingerprint density at radius 1 is 1.36 bits per heavy atom. The van der Waals surface area contributed by atoms with Crippen molar-refractivity contribution < 1.29 is 27.9 Å². The van der Waals surface area contributed by atoms with Crippen LogP contribution in [0.3, 0.4) is 0 Å². The number of benzene rings is 1. The van der Waals surface area contributed by atoms with Crippen LogP contribution in [0.2, 0.25) is 0 Å². The van der Waals surface area contributed by atoms with E-state index in [2.05, 4.69) is 0 Å². The van der Waals surface area contributed by atoms with Crippen molar-refractivity contribution in [2.75, 3.05) is 19.4 Å². The van der Waals surface area contributed by atoms with Gasteiger partial charge in [0.2, 0.25) is 5.91 Å². The predicted molar refractivity (Wildman–Crippen MR) is 91.7 cm³/mol. The van der Waals surface area contributed by atoms with Crippen LogP contribution in [0.4, 0.5) is 0 Å². The fraction of sp³-hybridized carbons (Fsp3) is 0.529. The minimum absolute atomic E-state index is 0.0505. The van der Waals surface area contributed by atoms with E-state index in [1.807, 2.05) is 13.0 Å². The number of hydrogen-bond donors (Lipinski definition) is 1. The maximum Gasteiger partial charge on any atom is 0.326 e. The number of ether oxygens (including phenoxy) is 1. The number of carboxylic acids is 1. The molecule has 1 aromatic carbocycles. The second-order valence-corrected chi connectivity index (χ2v) is 8.59. The molecule has 1 N–H and O–H groups in total. The summed E-state index contributed by atoms with van der Waals surface area (Å²) in [6.07, 6.45) is 1.92. The van der Waals surface area contributed by atoms with Crippen LogP contribution >= 0.6 is 0 Å². The molecule has 1 aliphatic rings. The Morgan fingerprint density at radius 3 is 2.52 bits per heavy atom. The van der Waals surface area contributed by atoms with E-state index in [1.165, 1.54) is 0 Å². The topological polar surface area (TPSA) is 101 Å². The first-order valence-electron chi connectivity index (χ1n) is 8.10. The van der Waals surface area contributed by atoms with Crippen molar-refractivity contribution >= 4 is 21.7 Å². The number of nitrogens with zero attached hydrogens (tertiary/aromatic N) is 1. The Labute approximate surface area is 147 Å². The smallest absolute Gasteiger partial charge is 0.326 e. The molecule has 8 heteroatoms. The average Bonchev–Trinajstić information content (AvgIpc) is 2.54. The molecular formula is C17H23NO6S. The first-order valence-corrected chi connectivity index (χ1v) is 9.99. The lowest BCUT2D eigenvalue weighted by Crippen LogP contribution is -2.62.